The van der Waals surface area contributed by atoms with Crippen LogP contribution in [0.25, 0.3) is 0 Å². The van der Waals surface area contributed by atoms with Gasteiger partial charge in [0.2, 0.25) is 0 Å². The first-order chi connectivity index (χ1) is 13.5. The van der Waals surface area contributed by atoms with Crippen LogP contribution in [0.15, 0.2) is 30.4 Å². The van der Waals surface area contributed by atoms with E-state index in [2.05, 4.69) is 18.2 Å². The molecule has 2 unspecified atom stereocenters. The topological polar surface area (TPSA) is 66.8 Å². The van der Waals surface area contributed by atoms with Crippen LogP contribution < -0.4 is 0 Å². The van der Waals surface area contributed by atoms with Gasteiger partial charge in [-0.1, -0.05) is 30.4 Å². The lowest BCUT2D eigenvalue weighted by atomic mass is 9.84. The van der Waals surface area contributed by atoms with Crippen LogP contribution >= 0.6 is 11.6 Å². The molecule has 1 aromatic rings. The van der Waals surface area contributed by atoms with Crippen LogP contribution in [0, 0.1) is 5.92 Å². The van der Waals surface area contributed by atoms with Crippen molar-refractivity contribution in [1.82, 2.24) is 0 Å². The Hall–Kier alpha value is -1.36. The van der Waals surface area contributed by atoms with E-state index in [1.165, 1.54) is 5.56 Å². The molecule has 5 atom stereocenters. The number of unbranched alkanes of at least 4 members (excludes halogenated alkanes) is 1. The number of alkyl halides is 1. The molecule has 0 aliphatic heterocycles. The first-order valence-corrected chi connectivity index (χ1v) is 10.9. The highest BCUT2D eigenvalue weighted by Crippen LogP contribution is 2.46. The number of carbonyl (C=O) groups is 1. The Labute approximate surface area is 172 Å². The van der Waals surface area contributed by atoms with Gasteiger partial charge in [0.1, 0.15) is 0 Å². The number of esters is 1. The van der Waals surface area contributed by atoms with Crippen LogP contribution in [0.2, 0.25) is 0 Å². The summed E-state index contributed by atoms with van der Waals surface area (Å²) in [5.74, 6) is 0.0644. The van der Waals surface area contributed by atoms with Crippen molar-refractivity contribution in [1.29, 1.82) is 0 Å². The zero-order valence-corrected chi connectivity index (χ0v) is 17.3. The quantitative estimate of drug-likeness (QED) is 0.290. The molecule has 1 fully saturated rings. The Kier molecular flexibility index (Phi) is 7.55. The number of rotatable bonds is 8. The van der Waals surface area contributed by atoms with E-state index in [9.17, 15) is 15.0 Å². The van der Waals surface area contributed by atoms with Crippen molar-refractivity contribution in [2.75, 3.05) is 6.61 Å². The van der Waals surface area contributed by atoms with Gasteiger partial charge in [-0.05, 0) is 68.1 Å². The van der Waals surface area contributed by atoms with Gasteiger partial charge in [0, 0.05) is 17.7 Å². The standard InChI is InChI=1S/C23H31ClO4/c1-2-28-22(27)8-6-4-3-5-7-18-19(24)14-21(26)23(18)16-9-11-17-15(13-16)10-12-20(17)25/h3,5,9,11,13,18-21,23,25-26H,2,4,6-8,10,12,14H2,1H3/b5-3-/t18-,19?,20?,21+,23+/m0/s1. The normalized spacial score (nSPS) is 29.4. The molecule has 5 heteroatoms. The molecule has 1 saturated carbocycles. The van der Waals surface area contributed by atoms with Crippen LogP contribution in [0.4, 0.5) is 0 Å². The number of ether oxygens (including phenoxy) is 1. The van der Waals surface area contributed by atoms with Gasteiger partial charge in [-0.15, -0.1) is 11.6 Å². The molecule has 0 heterocycles. The molecule has 0 spiro atoms. The zero-order valence-electron chi connectivity index (χ0n) is 16.5. The number of aliphatic hydroxyl groups is 2. The van der Waals surface area contributed by atoms with Crippen LogP contribution in [-0.2, 0) is 16.0 Å². The Bertz CT molecular complexity index is 702. The smallest absolute Gasteiger partial charge is 0.305 e. The summed E-state index contributed by atoms with van der Waals surface area (Å²) in [5, 5.41) is 20.6. The molecule has 4 nitrogen and oxygen atoms in total. The summed E-state index contributed by atoms with van der Waals surface area (Å²) in [6, 6.07) is 6.22. The second kappa shape index (κ2) is 9.91. The van der Waals surface area contributed by atoms with Gasteiger partial charge in [0.15, 0.2) is 0 Å². The van der Waals surface area contributed by atoms with Crippen molar-refractivity contribution in [3.05, 3.63) is 47.0 Å². The molecule has 0 bridgehead atoms. The third kappa shape index (κ3) is 4.97. The summed E-state index contributed by atoms with van der Waals surface area (Å²) < 4.78 is 4.93. The molecule has 2 N–H and O–H groups in total. The summed E-state index contributed by atoms with van der Waals surface area (Å²) in [5.41, 5.74) is 3.35. The van der Waals surface area contributed by atoms with Crippen LogP contribution in [0.3, 0.4) is 0 Å². The Balaban J connectivity index is 1.59. The van der Waals surface area contributed by atoms with Gasteiger partial charge in [-0.3, -0.25) is 4.79 Å². The van der Waals surface area contributed by atoms with E-state index in [4.69, 9.17) is 16.3 Å². The lowest BCUT2D eigenvalue weighted by Crippen LogP contribution is -2.18. The highest BCUT2D eigenvalue weighted by Gasteiger charge is 2.42. The number of benzene rings is 1. The number of hydrogen-bond acceptors (Lipinski definition) is 4. The third-order valence-electron chi connectivity index (χ3n) is 6.04. The van der Waals surface area contributed by atoms with Crippen molar-refractivity contribution < 1.29 is 19.7 Å². The van der Waals surface area contributed by atoms with E-state index < -0.39 is 6.10 Å². The number of hydrogen-bond donors (Lipinski definition) is 2. The maximum absolute atomic E-state index is 11.4. The minimum atomic E-state index is -0.436. The van der Waals surface area contributed by atoms with Gasteiger partial charge in [-0.2, -0.15) is 0 Å². The first kappa shape index (κ1) is 21.4. The molecule has 0 amide bonds. The average molecular weight is 407 g/mol. The van der Waals surface area contributed by atoms with E-state index in [-0.39, 0.29) is 29.3 Å². The van der Waals surface area contributed by atoms with E-state index in [0.29, 0.717) is 19.4 Å². The van der Waals surface area contributed by atoms with E-state index in [1.807, 2.05) is 19.1 Å². The number of carbonyl (C=O) groups excluding carboxylic acids is 1. The highest BCUT2D eigenvalue weighted by atomic mass is 35.5. The minimum absolute atomic E-state index is 0.0229. The molecule has 0 saturated heterocycles. The second-order valence-corrected chi connectivity index (χ2v) is 8.49. The van der Waals surface area contributed by atoms with E-state index >= 15 is 0 Å². The predicted octanol–water partition coefficient (Wildman–Crippen LogP) is 4.42. The number of halogens is 1. The number of allylic oxidation sites excluding steroid dienone is 2. The summed E-state index contributed by atoms with van der Waals surface area (Å²) in [4.78, 5) is 11.4. The zero-order chi connectivity index (χ0) is 20.1. The molecule has 2 aliphatic rings. The van der Waals surface area contributed by atoms with Gasteiger partial charge in [0.25, 0.3) is 0 Å². The van der Waals surface area contributed by atoms with E-state index in [1.54, 1.807) is 0 Å². The average Bonchev–Trinajstić information content (AvgIpc) is 3.17. The largest absolute Gasteiger partial charge is 0.466 e. The summed E-state index contributed by atoms with van der Waals surface area (Å²) in [6.07, 6.45) is 8.60. The van der Waals surface area contributed by atoms with Crippen molar-refractivity contribution in [2.24, 2.45) is 5.92 Å². The van der Waals surface area contributed by atoms with Crippen molar-refractivity contribution >= 4 is 17.6 Å². The Morgan fingerprint density at radius 3 is 2.93 bits per heavy atom. The van der Waals surface area contributed by atoms with Crippen molar-refractivity contribution in [3.63, 3.8) is 0 Å². The van der Waals surface area contributed by atoms with Crippen molar-refractivity contribution in [2.45, 2.75) is 75.4 Å². The fraction of sp³-hybridized carbons (Fsp3) is 0.609. The maximum Gasteiger partial charge on any atom is 0.305 e. The highest BCUT2D eigenvalue weighted by molar-refractivity contribution is 6.21. The molecular formula is C23H31ClO4. The third-order valence-corrected chi connectivity index (χ3v) is 6.54. The summed E-state index contributed by atoms with van der Waals surface area (Å²) >= 11 is 6.58. The summed E-state index contributed by atoms with van der Waals surface area (Å²) in [7, 11) is 0. The minimum Gasteiger partial charge on any atom is -0.466 e. The predicted molar refractivity (Wildman–Crippen MR) is 110 cm³/mol. The molecule has 2 aliphatic carbocycles. The van der Waals surface area contributed by atoms with Crippen LogP contribution in [-0.4, -0.2) is 34.3 Å². The number of aryl methyl sites for hydroxylation is 1. The van der Waals surface area contributed by atoms with Gasteiger partial charge < -0.3 is 14.9 Å². The molecular weight excluding hydrogens is 376 g/mol. The molecule has 3 rings (SSSR count). The molecule has 0 aromatic heterocycles. The fourth-order valence-corrected chi connectivity index (χ4v) is 5.06. The Morgan fingerprint density at radius 2 is 2.14 bits per heavy atom. The van der Waals surface area contributed by atoms with Gasteiger partial charge in [-0.25, -0.2) is 0 Å². The van der Waals surface area contributed by atoms with Crippen LogP contribution in [0.1, 0.15) is 74.2 Å². The number of aliphatic hydroxyl groups excluding tert-OH is 2. The molecule has 0 radical (unpaired) electrons. The van der Waals surface area contributed by atoms with Crippen LogP contribution in [0.5, 0.6) is 0 Å². The van der Waals surface area contributed by atoms with Gasteiger partial charge >= 0.3 is 5.97 Å². The lowest BCUT2D eigenvalue weighted by Gasteiger charge is -2.23. The molecule has 28 heavy (non-hydrogen) atoms. The fourth-order valence-electron chi connectivity index (χ4n) is 4.62. The molecule has 154 valence electrons. The lowest BCUT2D eigenvalue weighted by molar-refractivity contribution is -0.143. The van der Waals surface area contributed by atoms with Gasteiger partial charge in [0.05, 0.1) is 18.8 Å². The maximum atomic E-state index is 11.4. The van der Waals surface area contributed by atoms with Crippen molar-refractivity contribution in [3.8, 4) is 0 Å². The number of fused-ring (bicyclic) bond motifs is 1. The first-order valence-electron chi connectivity index (χ1n) is 10.4. The summed E-state index contributed by atoms with van der Waals surface area (Å²) in [6.45, 7) is 2.24. The SMILES string of the molecule is CCOC(=O)CCC/C=C\C[C@H]1C(Cl)C[C@@H](O)[C@@H]1c1ccc2c(c1)CCC2O. The monoisotopic (exact) mass is 406 g/mol. The Morgan fingerprint density at radius 1 is 1.32 bits per heavy atom. The van der Waals surface area contributed by atoms with E-state index in [0.717, 1.165) is 43.2 Å². The molecule has 1 aromatic carbocycles. The second-order valence-electron chi connectivity index (χ2n) is 7.93.